The summed E-state index contributed by atoms with van der Waals surface area (Å²) in [6.07, 6.45) is 6.57. The van der Waals surface area contributed by atoms with E-state index < -0.39 is 6.03 Å². The van der Waals surface area contributed by atoms with Gasteiger partial charge in [-0.3, -0.25) is 0 Å². The average Bonchev–Trinajstić information content (AvgIpc) is 2.76. The first-order chi connectivity index (χ1) is 11.4. The normalized spacial score (nSPS) is 20.2. The molecular weight excluding hydrogens is 288 g/mol. The molecular formula is C19H18N2O2+2. The number of benzene rings is 2. The number of fused-ring (bicyclic) bond motifs is 2. The average molecular weight is 306 g/mol. The fraction of sp³-hybridized carbons (Fsp3) is 0.263. The van der Waals surface area contributed by atoms with Crippen molar-refractivity contribution >= 4 is 12.4 Å². The fourth-order valence-corrected chi connectivity index (χ4v) is 3.54. The standard InChI is InChI=1S/C19H18N2O2/c1-3-9-17-15(7-1)13-20-11-5-6-12-21-14-16-8-2-4-10-18(16)23-19(20,21)22-17/h1-4,7-10,13-14H,5-6,11-12H2/q+2. The van der Waals surface area contributed by atoms with Gasteiger partial charge in [-0.2, -0.15) is 0 Å². The Morgan fingerprint density at radius 1 is 0.696 bits per heavy atom. The van der Waals surface area contributed by atoms with Crippen LogP contribution >= 0.6 is 0 Å². The van der Waals surface area contributed by atoms with Crippen LogP contribution in [0.1, 0.15) is 24.0 Å². The molecule has 5 rings (SSSR count). The van der Waals surface area contributed by atoms with Crippen molar-refractivity contribution < 1.29 is 18.6 Å². The highest BCUT2D eigenvalue weighted by molar-refractivity contribution is 5.82. The lowest BCUT2D eigenvalue weighted by atomic mass is 10.1. The van der Waals surface area contributed by atoms with Crippen molar-refractivity contribution in [2.45, 2.75) is 18.9 Å². The number of hydrogen-bond donors (Lipinski definition) is 0. The van der Waals surface area contributed by atoms with E-state index in [1.165, 1.54) is 0 Å². The lowest BCUT2D eigenvalue weighted by Gasteiger charge is -2.30. The molecule has 0 saturated carbocycles. The van der Waals surface area contributed by atoms with Gasteiger partial charge in [-0.1, -0.05) is 33.4 Å². The number of hydrogen-bond acceptors (Lipinski definition) is 2. The zero-order valence-electron chi connectivity index (χ0n) is 12.8. The largest absolute Gasteiger partial charge is 0.703 e. The molecule has 0 radical (unpaired) electrons. The molecule has 4 heteroatoms. The van der Waals surface area contributed by atoms with Crippen LogP contribution in [0, 0.1) is 0 Å². The zero-order chi connectivity index (χ0) is 15.3. The summed E-state index contributed by atoms with van der Waals surface area (Å²) in [6, 6.07) is 15.3. The molecule has 1 saturated heterocycles. The van der Waals surface area contributed by atoms with E-state index in [4.69, 9.17) is 9.47 Å². The summed E-state index contributed by atoms with van der Waals surface area (Å²) in [5.74, 6) is 1.73. The first kappa shape index (κ1) is 12.9. The molecule has 0 bridgehead atoms. The lowest BCUT2D eigenvalue weighted by Crippen LogP contribution is -2.63. The van der Waals surface area contributed by atoms with Crippen molar-refractivity contribution in [3.05, 3.63) is 59.7 Å². The molecule has 3 aliphatic rings. The molecule has 1 spiro atoms. The van der Waals surface area contributed by atoms with Crippen LogP contribution in [-0.2, 0) is 0 Å². The van der Waals surface area contributed by atoms with Crippen LogP contribution < -0.4 is 9.47 Å². The highest BCUT2D eigenvalue weighted by Gasteiger charge is 2.64. The van der Waals surface area contributed by atoms with Gasteiger partial charge in [-0.15, -0.1) is 0 Å². The van der Waals surface area contributed by atoms with Crippen molar-refractivity contribution in [2.24, 2.45) is 0 Å². The highest BCUT2D eigenvalue weighted by atomic mass is 16.7. The highest BCUT2D eigenvalue weighted by Crippen LogP contribution is 2.35. The van der Waals surface area contributed by atoms with E-state index in [9.17, 15) is 0 Å². The Morgan fingerprint density at radius 3 is 1.70 bits per heavy atom. The molecule has 3 heterocycles. The molecule has 114 valence electrons. The third-order valence-electron chi connectivity index (χ3n) is 4.69. The van der Waals surface area contributed by atoms with E-state index in [0.717, 1.165) is 48.6 Å². The van der Waals surface area contributed by atoms with Crippen molar-refractivity contribution in [1.82, 2.24) is 0 Å². The quantitative estimate of drug-likeness (QED) is 0.698. The van der Waals surface area contributed by atoms with Crippen molar-refractivity contribution in [1.29, 1.82) is 0 Å². The SMILES string of the molecule is C1=[N+]2CCCC[N+]3=Cc4ccccc4OC23Oc2ccccc21. The van der Waals surface area contributed by atoms with Crippen LogP contribution in [0.25, 0.3) is 0 Å². The van der Waals surface area contributed by atoms with Crippen LogP contribution in [0.15, 0.2) is 48.5 Å². The van der Waals surface area contributed by atoms with Gasteiger partial charge in [0.1, 0.15) is 0 Å². The molecule has 3 aliphatic heterocycles. The maximum Gasteiger partial charge on any atom is 0.703 e. The summed E-state index contributed by atoms with van der Waals surface area (Å²) in [5.41, 5.74) is 2.20. The van der Waals surface area contributed by atoms with Crippen LogP contribution in [0.2, 0.25) is 0 Å². The molecule has 0 aliphatic carbocycles. The van der Waals surface area contributed by atoms with Gasteiger partial charge in [0, 0.05) is 12.8 Å². The van der Waals surface area contributed by atoms with Gasteiger partial charge < -0.3 is 9.47 Å². The molecule has 0 amide bonds. The Hall–Kier alpha value is -2.62. The van der Waals surface area contributed by atoms with E-state index in [1.54, 1.807) is 0 Å². The van der Waals surface area contributed by atoms with Crippen LogP contribution in [0.5, 0.6) is 11.5 Å². The van der Waals surface area contributed by atoms with E-state index in [-0.39, 0.29) is 0 Å². The number of para-hydroxylation sites is 2. The predicted molar refractivity (Wildman–Crippen MR) is 86.7 cm³/mol. The van der Waals surface area contributed by atoms with Crippen LogP contribution in [0.3, 0.4) is 0 Å². The maximum absolute atomic E-state index is 6.43. The Balaban J connectivity index is 1.73. The van der Waals surface area contributed by atoms with Gasteiger partial charge in [0.15, 0.2) is 37.0 Å². The Labute approximate surface area is 134 Å². The monoisotopic (exact) mass is 306 g/mol. The Morgan fingerprint density at radius 2 is 1.17 bits per heavy atom. The molecule has 1 fully saturated rings. The first-order valence-corrected chi connectivity index (χ1v) is 8.14. The zero-order valence-corrected chi connectivity index (χ0v) is 12.8. The smallest absolute Gasteiger partial charge is 0.341 e. The van der Waals surface area contributed by atoms with Crippen molar-refractivity contribution in [3.63, 3.8) is 0 Å². The summed E-state index contributed by atoms with van der Waals surface area (Å²) in [4.78, 5) is 0. The van der Waals surface area contributed by atoms with Crippen LogP contribution in [-0.4, -0.2) is 40.7 Å². The summed E-state index contributed by atoms with van der Waals surface area (Å²) in [5, 5.41) is 0. The van der Waals surface area contributed by atoms with Crippen LogP contribution in [0.4, 0.5) is 0 Å². The van der Waals surface area contributed by atoms with Gasteiger partial charge in [0.2, 0.25) is 0 Å². The molecule has 2 aromatic carbocycles. The van der Waals surface area contributed by atoms with Gasteiger partial charge in [-0.05, 0) is 24.3 Å². The fourth-order valence-electron chi connectivity index (χ4n) is 3.54. The minimum atomic E-state index is -0.904. The molecule has 0 N–H and O–H groups in total. The minimum absolute atomic E-state index is 0.864. The number of ether oxygens (including phenoxy) is 2. The van der Waals surface area contributed by atoms with Gasteiger partial charge in [0.25, 0.3) is 0 Å². The second-order valence-corrected chi connectivity index (χ2v) is 6.18. The van der Waals surface area contributed by atoms with E-state index in [0.29, 0.717) is 0 Å². The van der Waals surface area contributed by atoms with E-state index in [1.807, 2.05) is 36.4 Å². The summed E-state index contributed by atoms with van der Waals surface area (Å²) in [7, 11) is 0. The lowest BCUT2D eigenvalue weighted by molar-refractivity contribution is -0.903. The summed E-state index contributed by atoms with van der Waals surface area (Å²) in [6.45, 7) is 1.84. The molecule has 0 atom stereocenters. The first-order valence-electron chi connectivity index (χ1n) is 8.14. The molecule has 0 unspecified atom stereocenters. The maximum atomic E-state index is 6.43. The second kappa shape index (κ2) is 4.69. The van der Waals surface area contributed by atoms with E-state index in [2.05, 4.69) is 33.7 Å². The summed E-state index contributed by atoms with van der Waals surface area (Å²) >= 11 is 0. The Bertz CT molecular complexity index is 782. The number of nitrogens with zero attached hydrogens (tertiary/aromatic N) is 2. The molecule has 2 aromatic rings. The molecule has 0 aromatic heterocycles. The Kier molecular flexibility index (Phi) is 2.62. The van der Waals surface area contributed by atoms with Crippen molar-refractivity contribution in [2.75, 3.05) is 13.1 Å². The van der Waals surface area contributed by atoms with Gasteiger partial charge >= 0.3 is 6.03 Å². The molecule has 23 heavy (non-hydrogen) atoms. The van der Waals surface area contributed by atoms with Gasteiger partial charge in [0.05, 0.1) is 11.1 Å². The topological polar surface area (TPSA) is 24.5 Å². The second-order valence-electron chi connectivity index (χ2n) is 6.18. The van der Waals surface area contributed by atoms with E-state index >= 15 is 0 Å². The predicted octanol–water partition coefficient (Wildman–Crippen LogP) is 2.44. The third kappa shape index (κ3) is 1.84. The number of rotatable bonds is 0. The van der Waals surface area contributed by atoms with Gasteiger partial charge in [-0.25, -0.2) is 0 Å². The minimum Gasteiger partial charge on any atom is -0.341 e. The third-order valence-corrected chi connectivity index (χ3v) is 4.69. The molecule has 4 nitrogen and oxygen atoms in total. The summed E-state index contributed by atoms with van der Waals surface area (Å²) < 4.78 is 17.2. The van der Waals surface area contributed by atoms with Crippen molar-refractivity contribution in [3.8, 4) is 11.5 Å².